The number of nitrogens with one attached hydrogen (secondary N) is 1. The number of Topliss-reactive ketones (excluding diaryl/α,β-unsaturated/α-hetero) is 4. The Kier molecular flexibility index (Phi) is 6.58. The molecular weight excluding hydrogens is 492 g/mol. The first-order valence-corrected chi connectivity index (χ1v) is 12.0. The molecule has 0 aliphatic heterocycles. The molecule has 6 atom stereocenters. The van der Waals surface area contributed by atoms with E-state index in [2.05, 4.69) is 5.32 Å². The van der Waals surface area contributed by atoms with Gasteiger partial charge in [-0.1, -0.05) is 13.8 Å². The molecule has 1 aromatic rings. The summed E-state index contributed by atoms with van der Waals surface area (Å²) in [5, 5.41) is 25.1. The first-order valence-electron chi connectivity index (χ1n) is 12.0. The number of carbonyl (C=O) groups is 5. The van der Waals surface area contributed by atoms with Crippen LogP contribution in [0.4, 0.5) is 8.78 Å². The van der Waals surface area contributed by atoms with Gasteiger partial charge in [-0.15, -0.1) is 0 Å². The maximum absolute atomic E-state index is 15.2. The van der Waals surface area contributed by atoms with E-state index in [1.165, 1.54) is 19.0 Å². The van der Waals surface area contributed by atoms with Crippen LogP contribution in [-0.2, 0) is 32.1 Å². The molecule has 5 N–H and O–H groups in total. The maximum atomic E-state index is 15.2. The van der Waals surface area contributed by atoms with Gasteiger partial charge in [0.25, 0.3) is 0 Å². The number of ketones is 4. The van der Waals surface area contributed by atoms with Gasteiger partial charge in [-0.25, -0.2) is 8.78 Å². The molecular formula is C25H29F2N3O7. The number of hydrogen-bond donors (Lipinski definition) is 4. The lowest BCUT2D eigenvalue weighted by Gasteiger charge is -2.52. The molecule has 0 spiro atoms. The van der Waals surface area contributed by atoms with Gasteiger partial charge in [0.05, 0.1) is 17.5 Å². The SMILES string of the molecule is CC(C)NCc1c(O)c2c(c(F)c1F)C[C@H]1C[C@H]3[C@H](N(C)C)C(=O)C(C(N)=O)C(=O)[C@@]3(O)C(=O)C1C2=O. The number of primary amides is 1. The molecule has 10 nitrogen and oxygen atoms in total. The lowest BCUT2D eigenvalue weighted by molar-refractivity contribution is -0.181. The quantitative estimate of drug-likeness (QED) is 0.379. The summed E-state index contributed by atoms with van der Waals surface area (Å²) >= 11 is 0. The van der Waals surface area contributed by atoms with Crippen LogP contribution in [0.15, 0.2) is 0 Å². The zero-order chi connectivity index (χ0) is 27.7. The van der Waals surface area contributed by atoms with E-state index in [1.54, 1.807) is 13.8 Å². The smallest absolute Gasteiger partial charge is 0.235 e. The van der Waals surface area contributed by atoms with E-state index < -0.39 is 98.4 Å². The van der Waals surface area contributed by atoms with E-state index in [0.717, 1.165) is 0 Å². The fourth-order valence-corrected chi connectivity index (χ4v) is 6.18. The molecule has 2 unspecified atom stereocenters. The fraction of sp³-hybridized carbons (Fsp3) is 0.560. The van der Waals surface area contributed by atoms with Gasteiger partial charge in [0.2, 0.25) is 5.91 Å². The van der Waals surface area contributed by atoms with Gasteiger partial charge in [-0.05, 0) is 32.9 Å². The molecule has 4 rings (SSSR count). The third-order valence-electron chi connectivity index (χ3n) is 7.89. The lowest BCUT2D eigenvalue weighted by Crippen LogP contribution is -2.74. The predicted octanol–water partition coefficient (Wildman–Crippen LogP) is -0.357. The van der Waals surface area contributed by atoms with Crippen LogP contribution in [0, 0.1) is 35.3 Å². The van der Waals surface area contributed by atoms with Crippen LogP contribution < -0.4 is 11.1 Å². The van der Waals surface area contributed by atoms with Crippen molar-refractivity contribution in [3.05, 3.63) is 28.3 Å². The summed E-state index contributed by atoms with van der Waals surface area (Å²) in [5.74, 6) is -15.5. The Morgan fingerprint density at radius 1 is 1.16 bits per heavy atom. The number of aromatic hydroxyl groups is 1. The predicted molar refractivity (Wildman–Crippen MR) is 123 cm³/mol. The molecule has 1 amide bonds. The summed E-state index contributed by atoms with van der Waals surface area (Å²) < 4.78 is 30.1. The topological polar surface area (TPSA) is 167 Å². The average Bonchev–Trinajstić information content (AvgIpc) is 2.79. The monoisotopic (exact) mass is 521 g/mol. The van der Waals surface area contributed by atoms with Gasteiger partial charge < -0.3 is 21.3 Å². The molecule has 3 aliphatic rings. The number of nitrogens with two attached hydrogens (primary N) is 1. The van der Waals surface area contributed by atoms with Crippen molar-refractivity contribution in [3.8, 4) is 5.75 Å². The molecule has 12 heteroatoms. The number of benzene rings is 1. The van der Waals surface area contributed by atoms with Crippen LogP contribution in [-0.4, -0.2) is 75.9 Å². The lowest BCUT2D eigenvalue weighted by atomic mass is 9.52. The normalized spacial score (nSPS) is 31.4. The maximum Gasteiger partial charge on any atom is 0.235 e. The number of fused-ring (bicyclic) bond motifs is 3. The number of phenols is 1. The molecule has 0 heterocycles. The Morgan fingerprint density at radius 2 is 1.78 bits per heavy atom. The second kappa shape index (κ2) is 9.03. The first-order chi connectivity index (χ1) is 17.2. The first kappa shape index (κ1) is 27.0. The number of likely N-dealkylation sites (N-methyl/N-ethyl adjacent to an activating group) is 1. The number of aliphatic hydroxyl groups is 1. The van der Waals surface area contributed by atoms with Crippen LogP contribution in [0.2, 0.25) is 0 Å². The van der Waals surface area contributed by atoms with Gasteiger partial charge in [0.1, 0.15) is 5.75 Å². The number of carbonyl (C=O) groups excluding carboxylic acids is 5. The Balaban J connectivity index is 1.86. The number of amides is 1. The molecule has 2 fully saturated rings. The van der Waals surface area contributed by atoms with Gasteiger partial charge in [0.15, 0.2) is 46.3 Å². The van der Waals surface area contributed by atoms with E-state index >= 15 is 4.39 Å². The average molecular weight is 522 g/mol. The Morgan fingerprint density at radius 3 is 2.32 bits per heavy atom. The summed E-state index contributed by atoms with van der Waals surface area (Å²) in [4.78, 5) is 66.9. The minimum absolute atomic E-state index is 0.160. The largest absolute Gasteiger partial charge is 0.507 e. The second-order valence-corrected chi connectivity index (χ2v) is 10.6. The summed E-state index contributed by atoms with van der Waals surface area (Å²) in [7, 11) is 2.91. The molecule has 1 aromatic carbocycles. The second-order valence-electron chi connectivity index (χ2n) is 10.6. The van der Waals surface area contributed by atoms with Crippen molar-refractivity contribution in [3.63, 3.8) is 0 Å². The van der Waals surface area contributed by atoms with Crippen LogP contribution in [0.25, 0.3) is 0 Å². The standard InChI is InChI=1S/C25H29F2N3O7/c1-8(2)29-7-11-17(27)16(26)10-5-9-6-12-18(30(3)4)21(33)15(24(28)36)23(35)25(12,37)22(34)13(9)20(32)14(10)19(11)31/h8-9,12-13,15,18,29,31,37H,5-7H2,1-4H3,(H2,28,36)/t9-,12-,13?,15?,18-,25-/m0/s1. The zero-order valence-electron chi connectivity index (χ0n) is 20.8. The summed E-state index contributed by atoms with van der Waals surface area (Å²) in [6, 6.07) is -1.44. The molecule has 2 saturated carbocycles. The summed E-state index contributed by atoms with van der Waals surface area (Å²) in [6.07, 6.45) is -0.595. The molecule has 3 aliphatic carbocycles. The van der Waals surface area contributed by atoms with Crippen LogP contribution in [0.1, 0.15) is 41.8 Å². The van der Waals surface area contributed by atoms with Crippen molar-refractivity contribution in [1.82, 2.24) is 10.2 Å². The van der Waals surface area contributed by atoms with E-state index in [9.17, 15) is 38.6 Å². The third kappa shape index (κ3) is 3.72. The number of hydrogen-bond acceptors (Lipinski definition) is 9. The van der Waals surface area contributed by atoms with Crippen molar-refractivity contribution in [1.29, 1.82) is 0 Å². The molecule has 0 aromatic heterocycles. The highest BCUT2D eigenvalue weighted by Crippen LogP contribution is 2.51. The molecule has 37 heavy (non-hydrogen) atoms. The molecule has 0 radical (unpaired) electrons. The van der Waals surface area contributed by atoms with Gasteiger partial charge in [0, 0.05) is 29.6 Å². The Labute approximate surface area is 211 Å². The highest BCUT2D eigenvalue weighted by atomic mass is 19.2. The summed E-state index contributed by atoms with van der Waals surface area (Å²) in [6.45, 7) is 3.18. The van der Waals surface area contributed by atoms with Crippen molar-refractivity contribution in [2.24, 2.45) is 29.4 Å². The van der Waals surface area contributed by atoms with Crippen molar-refractivity contribution >= 4 is 29.0 Å². The van der Waals surface area contributed by atoms with Crippen LogP contribution in [0.3, 0.4) is 0 Å². The number of halogens is 2. The van der Waals surface area contributed by atoms with Crippen molar-refractivity contribution < 1.29 is 43.0 Å². The van der Waals surface area contributed by atoms with E-state index in [1.807, 2.05) is 0 Å². The van der Waals surface area contributed by atoms with Crippen LogP contribution in [0.5, 0.6) is 5.75 Å². The highest BCUT2D eigenvalue weighted by molar-refractivity contribution is 6.32. The summed E-state index contributed by atoms with van der Waals surface area (Å²) in [5.41, 5.74) is 0.918. The molecule has 0 bridgehead atoms. The number of phenolic OH excluding ortho intramolecular Hbond substituents is 1. The van der Waals surface area contributed by atoms with Gasteiger partial charge in [-0.2, -0.15) is 0 Å². The fourth-order valence-electron chi connectivity index (χ4n) is 6.18. The van der Waals surface area contributed by atoms with Crippen molar-refractivity contribution in [2.75, 3.05) is 14.1 Å². The Bertz CT molecular complexity index is 1250. The highest BCUT2D eigenvalue weighted by Gasteiger charge is 2.69. The van der Waals surface area contributed by atoms with E-state index in [-0.39, 0.29) is 25.4 Å². The van der Waals surface area contributed by atoms with Gasteiger partial charge in [-0.3, -0.25) is 28.9 Å². The van der Waals surface area contributed by atoms with Crippen LogP contribution >= 0.6 is 0 Å². The molecule has 0 saturated heterocycles. The minimum Gasteiger partial charge on any atom is -0.507 e. The minimum atomic E-state index is -2.88. The third-order valence-corrected chi connectivity index (χ3v) is 7.89. The van der Waals surface area contributed by atoms with Gasteiger partial charge >= 0.3 is 0 Å². The number of rotatable bonds is 5. The number of nitrogens with zero attached hydrogens (tertiary/aromatic N) is 1. The molecule has 200 valence electrons. The van der Waals surface area contributed by atoms with Crippen molar-refractivity contribution in [2.45, 2.75) is 50.9 Å². The van der Waals surface area contributed by atoms with E-state index in [4.69, 9.17) is 5.73 Å². The zero-order valence-corrected chi connectivity index (χ0v) is 20.8. The Hall–Kier alpha value is -3.09. The van der Waals surface area contributed by atoms with E-state index in [0.29, 0.717) is 0 Å².